The molecule has 3 rings (SSSR count). The van der Waals surface area contributed by atoms with Crippen molar-refractivity contribution < 1.29 is 14.3 Å². The zero-order chi connectivity index (χ0) is 18.5. The summed E-state index contributed by atoms with van der Waals surface area (Å²) in [4.78, 5) is 12.2. The van der Waals surface area contributed by atoms with E-state index in [2.05, 4.69) is 11.2 Å². The van der Waals surface area contributed by atoms with E-state index in [9.17, 15) is 4.79 Å². The molecule has 1 amide bonds. The van der Waals surface area contributed by atoms with Crippen molar-refractivity contribution in [2.24, 2.45) is 5.10 Å². The highest BCUT2D eigenvalue weighted by Gasteiger charge is 2.23. The van der Waals surface area contributed by atoms with Crippen LogP contribution in [0.5, 0.6) is 11.5 Å². The minimum atomic E-state index is -0.0985. The molecule has 2 aromatic carbocycles. The Morgan fingerprint density at radius 1 is 1.15 bits per heavy atom. The fourth-order valence-electron chi connectivity index (χ4n) is 2.53. The van der Waals surface area contributed by atoms with Gasteiger partial charge in [0.15, 0.2) is 11.5 Å². The van der Waals surface area contributed by atoms with Gasteiger partial charge in [0, 0.05) is 11.3 Å². The van der Waals surface area contributed by atoms with Gasteiger partial charge in [0.05, 0.1) is 38.1 Å². The van der Waals surface area contributed by atoms with E-state index in [-0.39, 0.29) is 5.24 Å². The lowest BCUT2D eigenvalue weighted by atomic mass is 10.1. The Morgan fingerprint density at radius 2 is 1.88 bits per heavy atom. The molecule has 0 saturated carbocycles. The molecule has 0 fully saturated rings. The fourth-order valence-corrected chi connectivity index (χ4v) is 3.27. The van der Waals surface area contributed by atoms with E-state index in [4.69, 9.17) is 14.7 Å². The topological polar surface area (TPSA) is 74.9 Å². The number of benzene rings is 2. The molecule has 7 heteroatoms. The molecule has 0 N–H and O–H groups in total. The quantitative estimate of drug-likeness (QED) is 0.806. The van der Waals surface area contributed by atoms with Gasteiger partial charge in [0.2, 0.25) is 0 Å². The number of nitriles is 1. The predicted molar refractivity (Wildman–Crippen MR) is 101 cm³/mol. The van der Waals surface area contributed by atoms with Gasteiger partial charge in [0.25, 0.3) is 0 Å². The molecule has 26 heavy (non-hydrogen) atoms. The van der Waals surface area contributed by atoms with Gasteiger partial charge in [-0.1, -0.05) is 23.9 Å². The molecule has 0 aliphatic carbocycles. The molecule has 0 saturated heterocycles. The van der Waals surface area contributed by atoms with Gasteiger partial charge in [-0.25, -0.2) is 5.01 Å². The second-order valence-corrected chi connectivity index (χ2v) is 6.46. The highest BCUT2D eigenvalue weighted by Crippen LogP contribution is 2.30. The van der Waals surface area contributed by atoms with Crippen molar-refractivity contribution in [1.29, 1.82) is 5.26 Å². The van der Waals surface area contributed by atoms with Gasteiger partial charge in [-0.3, -0.25) is 4.79 Å². The van der Waals surface area contributed by atoms with Crippen LogP contribution in [0, 0.1) is 11.3 Å². The van der Waals surface area contributed by atoms with Crippen LogP contribution in [0.3, 0.4) is 0 Å². The van der Waals surface area contributed by atoms with Crippen molar-refractivity contribution >= 4 is 22.7 Å². The van der Waals surface area contributed by atoms with Gasteiger partial charge in [0.1, 0.15) is 0 Å². The van der Waals surface area contributed by atoms with E-state index in [0.29, 0.717) is 29.4 Å². The second-order valence-electron chi connectivity index (χ2n) is 5.54. The SMILES string of the molecule is COc1ccc(C2=NN(Cc3ccc(C#N)cc3)C(=O)SC2)cc1OC. The van der Waals surface area contributed by atoms with E-state index < -0.39 is 0 Å². The lowest BCUT2D eigenvalue weighted by Crippen LogP contribution is -2.29. The Labute approximate surface area is 156 Å². The number of carbonyl (C=O) groups is 1. The van der Waals surface area contributed by atoms with Crippen LogP contribution in [0.25, 0.3) is 0 Å². The maximum absolute atomic E-state index is 12.2. The summed E-state index contributed by atoms with van der Waals surface area (Å²) in [5.41, 5.74) is 3.18. The number of carbonyl (C=O) groups excluding carboxylic acids is 1. The lowest BCUT2D eigenvalue weighted by Gasteiger charge is -2.23. The van der Waals surface area contributed by atoms with E-state index in [1.54, 1.807) is 26.4 Å². The Morgan fingerprint density at radius 3 is 2.54 bits per heavy atom. The largest absolute Gasteiger partial charge is 0.493 e. The van der Waals surface area contributed by atoms with Crippen LogP contribution in [0.1, 0.15) is 16.7 Å². The number of thioether (sulfide) groups is 1. The third-order valence-corrected chi connectivity index (χ3v) is 4.79. The normalized spacial score (nSPS) is 13.8. The number of nitrogens with zero attached hydrogens (tertiary/aromatic N) is 3. The summed E-state index contributed by atoms with van der Waals surface area (Å²) in [7, 11) is 3.17. The summed E-state index contributed by atoms with van der Waals surface area (Å²) in [6, 6.07) is 14.8. The zero-order valence-electron chi connectivity index (χ0n) is 14.4. The zero-order valence-corrected chi connectivity index (χ0v) is 15.2. The molecule has 1 aliphatic heterocycles. The van der Waals surface area contributed by atoms with Crippen LogP contribution in [0.15, 0.2) is 47.6 Å². The number of hydrazone groups is 1. The number of ether oxygens (including phenoxy) is 2. The van der Waals surface area contributed by atoms with Crippen LogP contribution in [-0.2, 0) is 6.54 Å². The van der Waals surface area contributed by atoms with E-state index >= 15 is 0 Å². The average molecular weight is 367 g/mol. The molecule has 6 nitrogen and oxygen atoms in total. The van der Waals surface area contributed by atoms with Gasteiger partial charge in [-0.2, -0.15) is 10.4 Å². The standard InChI is InChI=1S/C19H17N3O3S/c1-24-17-8-7-15(9-18(17)25-2)16-12-26-19(23)22(21-16)11-14-5-3-13(10-20)4-6-14/h3-9H,11-12H2,1-2H3. The number of rotatable bonds is 5. The molecular formula is C19H17N3O3S. The fraction of sp³-hybridized carbons (Fsp3) is 0.211. The summed E-state index contributed by atoms with van der Waals surface area (Å²) < 4.78 is 10.6. The van der Waals surface area contributed by atoms with Crippen LogP contribution in [-0.4, -0.2) is 35.9 Å². The Bertz CT molecular complexity index is 888. The van der Waals surface area contributed by atoms with Crippen LogP contribution in [0.4, 0.5) is 4.79 Å². The summed E-state index contributed by atoms with van der Waals surface area (Å²) in [5.74, 6) is 1.76. The van der Waals surface area contributed by atoms with Gasteiger partial charge in [-0.05, 0) is 35.9 Å². The summed E-state index contributed by atoms with van der Waals surface area (Å²) in [6.07, 6.45) is 0. The maximum Gasteiger partial charge on any atom is 0.302 e. The van der Waals surface area contributed by atoms with E-state index in [0.717, 1.165) is 16.8 Å². The second kappa shape index (κ2) is 7.93. The van der Waals surface area contributed by atoms with Crippen molar-refractivity contribution in [3.63, 3.8) is 0 Å². The maximum atomic E-state index is 12.2. The first-order valence-corrected chi connectivity index (χ1v) is 8.86. The molecule has 0 atom stereocenters. The van der Waals surface area contributed by atoms with Gasteiger partial charge < -0.3 is 9.47 Å². The summed E-state index contributed by atoms with van der Waals surface area (Å²) in [5, 5.41) is 14.7. The first-order valence-electron chi connectivity index (χ1n) is 7.88. The molecular weight excluding hydrogens is 350 g/mol. The Kier molecular flexibility index (Phi) is 5.44. The highest BCUT2D eigenvalue weighted by atomic mass is 32.2. The van der Waals surface area contributed by atoms with Crippen molar-refractivity contribution in [2.75, 3.05) is 20.0 Å². The molecule has 0 bridgehead atoms. The highest BCUT2D eigenvalue weighted by molar-refractivity contribution is 8.14. The van der Waals surface area contributed by atoms with Crippen molar-refractivity contribution in [3.05, 3.63) is 59.2 Å². The summed E-state index contributed by atoms with van der Waals surface area (Å²) in [6.45, 7) is 0.355. The number of methoxy groups -OCH3 is 2. The average Bonchev–Trinajstić information content (AvgIpc) is 2.69. The molecule has 132 valence electrons. The molecule has 1 aliphatic rings. The predicted octanol–water partition coefficient (Wildman–Crippen LogP) is 3.65. The molecule has 0 spiro atoms. The molecule has 0 aromatic heterocycles. The Hall–Kier alpha value is -2.98. The van der Waals surface area contributed by atoms with Crippen LogP contribution >= 0.6 is 11.8 Å². The van der Waals surface area contributed by atoms with Gasteiger partial charge >= 0.3 is 5.24 Å². The van der Waals surface area contributed by atoms with Crippen molar-refractivity contribution in [3.8, 4) is 17.6 Å². The minimum Gasteiger partial charge on any atom is -0.493 e. The summed E-state index contributed by atoms with van der Waals surface area (Å²) >= 11 is 1.21. The van der Waals surface area contributed by atoms with Crippen molar-refractivity contribution in [1.82, 2.24) is 5.01 Å². The van der Waals surface area contributed by atoms with Crippen molar-refractivity contribution in [2.45, 2.75) is 6.54 Å². The third-order valence-electron chi connectivity index (χ3n) is 3.92. The monoisotopic (exact) mass is 367 g/mol. The van der Waals surface area contributed by atoms with Crippen LogP contribution in [0.2, 0.25) is 0 Å². The van der Waals surface area contributed by atoms with Crippen LogP contribution < -0.4 is 9.47 Å². The first-order chi connectivity index (χ1) is 12.6. The van der Waals surface area contributed by atoms with E-state index in [1.807, 2.05) is 30.3 Å². The lowest BCUT2D eigenvalue weighted by molar-refractivity contribution is 0.222. The number of hydrogen-bond acceptors (Lipinski definition) is 6. The molecule has 0 unspecified atom stereocenters. The van der Waals surface area contributed by atoms with E-state index in [1.165, 1.54) is 16.8 Å². The number of hydrogen-bond donors (Lipinski definition) is 0. The third kappa shape index (κ3) is 3.81. The molecule has 0 radical (unpaired) electrons. The molecule has 1 heterocycles. The molecule has 2 aromatic rings. The van der Waals surface area contributed by atoms with Gasteiger partial charge in [-0.15, -0.1) is 0 Å². The smallest absolute Gasteiger partial charge is 0.302 e. The number of amides is 1. The Balaban J connectivity index is 1.85. The first kappa shape index (κ1) is 17.8. The minimum absolute atomic E-state index is 0.0985.